The normalized spacial score (nSPS) is 16.2. The Labute approximate surface area is 678 Å². The quantitative estimate of drug-likeness (QED) is 0.0207. The number of nitrogens with two attached hydrogens (primary N) is 1. The lowest BCUT2D eigenvalue weighted by Gasteiger charge is -2.34. The van der Waals surface area contributed by atoms with Crippen LogP contribution in [0.5, 0.6) is 0 Å². The van der Waals surface area contributed by atoms with Crippen LogP contribution in [0, 0.1) is 29.4 Å². The van der Waals surface area contributed by atoms with Crippen molar-refractivity contribution in [2.75, 3.05) is 57.5 Å². The number of benzene rings is 5. The number of aryl methyl sites for hydroxylation is 1. The summed E-state index contributed by atoms with van der Waals surface area (Å²) >= 11 is 0. The van der Waals surface area contributed by atoms with E-state index in [1.165, 1.54) is 29.4 Å². The van der Waals surface area contributed by atoms with Crippen LogP contribution in [0.4, 0.5) is 34.5 Å². The summed E-state index contributed by atoms with van der Waals surface area (Å²) in [5.41, 5.74) is 7.38. The van der Waals surface area contributed by atoms with Crippen molar-refractivity contribution >= 4 is 104 Å². The number of carboxylic acid groups (broad SMARTS) is 3. The van der Waals surface area contributed by atoms with Gasteiger partial charge in [0, 0.05) is 88.1 Å². The summed E-state index contributed by atoms with van der Waals surface area (Å²) in [6.45, 7) is 3.58. The molecule has 37 heteroatoms. The molecular formula is C81H102F2N18O17. The summed E-state index contributed by atoms with van der Waals surface area (Å²) < 4.78 is 38.2. The minimum absolute atomic E-state index is 0.0159. The third-order valence-corrected chi connectivity index (χ3v) is 20.6. The highest BCUT2D eigenvalue weighted by atomic mass is 19.1. The molecule has 7 aromatic rings. The van der Waals surface area contributed by atoms with Crippen molar-refractivity contribution in [3.63, 3.8) is 0 Å². The second-order valence-electron chi connectivity index (χ2n) is 30.1. The molecule has 9 rings (SSSR count). The lowest BCUT2D eigenvalue weighted by atomic mass is 9.81. The van der Waals surface area contributed by atoms with Gasteiger partial charge in [-0.15, -0.1) is 0 Å². The van der Waals surface area contributed by atoms with Crippen LogP contribution in [0.25, 0.3) is 21.5 Å². The second-order valence-corrected chi connectivity index (χ2v) is 30.1. The number of hydrogen-bond acceptors (Lipinski definition) is 19. The van der Waals surface area contributed by atoms with Crippen LogP contribution in [0.2, 0.25) is 0 Å². The summed E-state index contributed by atoms with van der Waals surface area (Å²) in [6, 6.07) is 18.9. The first-order valence-corrected chi connectivity index (χ1v) is 39.1. The first kappa shape index (κ1) is 89.2. The molecule has 15 N–H and O–H groups in total. The predicted molar refractivity (Wildman–Crippen MR) is 428 cm³/mol. The maximum absolute atomic E-state index is 15.5. The van der Waals surface area contributed by atoms with Gasteiger partial charge >= 0.3 is 36.1 Å². The lowest BCUT2D eigenvalue weighted by molar-refractivity contribution is -0.141. The number of rotatable bonds is 42. The minimum Gasteiger partial charge on any atom is -0.481 e. The summed E-state index contributed by atoms with van der Waals surface area (Å²) in [5, 5.41) is 66.6. The number of aliphatic carboxylic acids is 3. The van der Waals surface area contributed by atoms with Gasteiger partial charge in [-0.25, -0.2) is 42.4 Å². The topological polar surface area (TPSA) is 493 Å². The van der Waals surface area contributed by atoms with Gasteiger partial charge in [0.15, 0.2) is 0 Å². The summed E-state index contributed by atoms with van der Waals surface area (Å²) in [5.74, 6) is -9.51. The van der Waals surface area contributed by atoms with Crippen LogP contribution >= 0.6 is 0 Å². The Morgan fingerprint density at radius 1 is 0.661 bits per heavy atom. The van der Waals surface area contributed by atoms with Crippen LogP contribution < -0.4 is 64.5 Å². The number of ether oxygens (including phenoxy) is 1. The molecule has 0 unspecified atom stereocenters. The molecule has 1 fully saturated rings. The standard InChI is InChI=1S/C81H102F2N18O17/c1-46(2)68(96-64(103)17-10-16-63(102)87-42-47-18-24-52(25-19-47)72(106)93-62(39-49-20-23-50-12-6-7-13-53(50)38-49)73(107)85-34-9-8-14-59(77(111)112)94-80(116)95-60(78(113)114)32-33-65(104)105)75(109)92-58(15-11-35-86-79(84)115)74(108)90-56-30-21-48(22-31-56)43-118-81(117)100(37-36-98(3)4)45-101-76(110)57-40-55(83)41-61-66(57)70(97-101)67(71-88-44-89-99(71)5)69(91-61)51-26-28-54(82)29-27-51/h6-7,12-13,20-23,26-31,38,40-41,44,46-47,52,58-60,62,67-69,91H,8-11,14-19,24-25,32-37,39,42-43,45H2,1-5H3,(H,85,107)(H,87,102)(H,90,108)(H,92,109)(H,93,106)(H,96,103)(H,104,105)(H,111,112)(H,113,114)(H3,84,86,115)(H2,94,95,116)/t47?,52?,58-,59-,60-,62-,67+,68-,69+/m0/s1. The van der Waals surface area contributed by atoms with Gasteiger partial charge in [0.1, 0.15) is 67.3 Å². The number of aromatic nitrogens is 5. The molecule has 0 radical (unpaired) electrons. The molecule has 1 saturated carbocycles. The van der Waals surface area contributed by atoms with E-state index in [-0.39, 0.29) is 113 Å². The van der Waals surface area contributed by atoms with Gasteiger partial charge in [0.2, 0.25) is 35.4 Å². The van der Waals surface area contributed by atoms with E-state index in [9.17, 15) is 76.9 Å². The molecular weight excluding hydrogens is 1530 g/mol. The Morgan fingerprint density at radius 2 is 1.33 bits per heavy atom. The van der Waals surface area contributed by atoms with Gasteiger partial charge in [0.25, 0.3) is 5.56 Å². The third kappa shape index (κ3) is 25.9. The molecule has 0 spiro atoms. The second kappa shape index (κ2) is 42.8. The summed E-state index contributed by atoms with van der Waals surface area (Å²) in [4.78, 5) is 177. The number of anilines is 2. The van der Waals surface area contributed by atoms with E-state index in [2.05, 4.69) is 63.3 Å². The van der Waals surface area contributed by atoms with Crippen LogP contribution in [0.3, 0.4) is 0 Å². The number of likely N-dealkylation sites (N-methyl/N-ethyl adjacent to an activating group) is 1. The van der Waals surface area contributed by atoms with Crippen molar-refractivity contribution in [1.82, 2.24) is 76.9 Å². The van der Waals surface area contributed by atoms with E-state index >= 15 is 4.39 Å². The SMILES string of the molecule is CC(C)[C@H](NC(=O)CCCC(=O)NCC1CCC(C(=O)N[C@@H](Cc2ccc3ccccc3c2)C(=O)NCCCC[C@H](NC(=O)N[C@@H](CCC(=O)O)C(=O)O)C(=O)O)CC1)C(=O)N[C@@H](CCCNC(N)=O)C(=O)Nc1ccc(COC(=O)N(CCN(C)C)Cn2nc3c4c(cc(F)cc4c2=O)N[C@H](c2ccc(F)cc2)[C@H]3c2ncnn2C)cc1. The van der Waals surface area contributed by atoms with Crippen LogP contribution in [-0.2, 0) is 74.6 Å². The summed E-state index contributed by atoms with van der Waals surface area (Å²) in [7, 11) is 5.28. The highest BCUT2D eigenvalue weighted by Gasteiger charge is 2.40. The fourth-order valence-electron chi connectivity index (χ4n) is 14.2. The number of unbranched alkanes of at least 4 members (excludes halogenated alkanes) is 1. The molecule has 11 amide bonds. The average molecular weight is 1640 g/mol. The van der Waals surface area contributed by atoms with E-state index in [0.717, 1.165) is 27.1 Å². The Hall–Kier alpha value is -12.7. The van der Waals surface area contributed by atoms with Crippen LogP contribution in [0.15, 0.2) is 114 Å². The van der Waals surface area contributed by atoms with Crippen molar-refractivity contribution in [2.24, 2.45) is 30.5 Å². The van der Waals surface area contributed by atoms with Crippen molar-refractivity contribution in [3.05, 3.63) is 160 Å². The van der Waals surface area contributed by atoms with Gasteiger partial charge in [0.05, 0.1) is 23.0 Å². The molecule has 1 aliphatic heterocycles. The van der Waals surface area contributed by atoms with E-state index in [1.54, 1.807) is 76.1 Å². The third-order valence-electron chi connectivity index (χ3n) is 20.6. The van der Waals surface area contributed by atoms with Gasteiger partial charge in [-0.1, -0.05) is 80.6 Å². The van der Waals surface area contributed by atoms with Crippen molar-refractivity contribution in [2.45, 2.75) is 166 Å². The Kier molecular flexibility index (Phi) is 32.3. The first-order chi connectivity index (χ1) is 56.4. The minimum atomic E-state index is -1.57. The largest absolute Gasteiger partial charge is 0.481 e. The van der Waals surface area contributed by atoms with Gasteiger partial charge in [-0.05, 0) is 160 Å². The molecule has 5 aromatic carbocycles. The molecule has 632 valence electrons. The predicted octanol–water partition coefficient (Wildman–Crippen LogP) is 5.60. The summed E-state index contributed by atoms with van der Waals surface area (Å²) in [6.07, 6.45) is 2.42. The number of fused-ring (bicyclic) bond motifs is 1. The molecule has 7 atom stereocenters. The molecule has 35 nitrogen and oxygen atoms in total. The lowest BCUT2D eigenvalue weighted by Crippen LogP contribution is -2.54. The van der Waals surface area contributed by atoms with E-state index < -0.39 is 150 Å². The zero-order valence-electron chi connectivity index (χ0n) is 66.2. The zero-order valence-corrected chi connectivity index (χ0v) is 66.2. The Bertz CT molecular complexity index is 4810. The van der Waals surface area contributed by atoms with Gasteiger partial charge in [-0.2, -0.15) is 10.2 Å². The molecule has 1 aliphatic carbocycles. The van der Waals surface area contributed by atoms with E-state index in [1.807, 2.05) is 47.4 Å². The maximum Gasteiger partial charge on any atom is 0.411 e. The molecule has 2 aliphatic rings. The molecule has 2 aromatic heterocycles. The molecule has 3 heterocycles. The average Bonchev–Trinajstić information content (AvgIpc) is 1.49. The number of hydrogen-bond donors (Lipinski definition) is 14. The first-order valence-electron chi connectivity index (χ1n) is 39.1. The number of nitrogens with zero attached hydrogens (tertiary/aromatic N) is 7. The molecule has 0 bridgehead atoms. The van der Waals surface area contributed by atoms with Gasteiger partial charge in [-0.3, -0.25) is 47.9 Å². The van der Waals surface area contributed by atoms with E-state index in [0.29, 0.717) is 72.5 Å². The fourth-order valence-corrected chi connectivity index (χ4v) is 14.2. The highest BCUT2D eigenvalue weighted by Crippen LogP contribution is 2.46. The maximum atomic E-state index is 15.5. The van der Waals surface area contributed by atoms with E-state index in [4.69, 9.17) is 20.7 Å². The highest BCUT2D eigenvalue weighted by molar-refractivity contribution is 5.99. The number of halogens is 2. The number of amides is 11. The van der Waals surface area contributed by atoms with Crippen molar-refractivity contribution in [1.29, 1.82) is 0 Å². The Balaban J connectivity index is 0.730. The number of primary amides is 1. The van der Waals surface area contributed by atoms with Crippen LogP contribution in [-0.4, -0.2) is 198 Å². The smallest absolute Gasteiger partial charge is 0.411 e. The van der Waals surface area contributed by atoms with Crippen molar-refractivity contribution < 1.29 is 86.4 Å². The number of carboxylic acids is 3. The monoisotopic (exact) mass is 1640 g/mol. The zero-order chi connectivity index (χ0) is 85.3. The number of carbonyl (C=O) groups excluding carboxylic acids is 9. The number of carbonyl (C=O) groups is 12. The number of nitrogens with one attached hydrogen (secondary N) is 10. The number of urea groups is 2. The molecule has 118 heavy (non-hydrogen) atoms. The van der Waals surface area contributed by atoms with Crippen molar-refractivity contribution in [3.8, 4) is 0 Å². The van der Waals surface area contributed by atoms with Gasteiger partial charge < -0.3 is 83.9 Å². The fraction of sp³-hybridized carbons (Fsp3) is 0.457. The molecule has 0 saturated heterocycles. The Morgan fingerprint density at radius 3 is 1.99 bits per heavy atom. The van der Waals surface area contributed by atoms with Crippen LogP contribution in [0.1, 0.15) is 144 Å².